The van der Waals surface area contributed by atoms with Gasteiger partial charge in [-0.3, -0.25) is 4.79 Å². The number of hydrogen-bond donors (Lipinski definition) is 1. The van der Waals surface area contributed by atoms with Crippen molar-refractivity contribution in [3.63, 3.8) is 0 Å². The number of nitrogens with zero attached hydrogens (tertiary/aromatic N) is 3. The first kappa shape index (κ1) is 18.0. The molecule has 3 aromatic rings. The van der Waals surface area contributed by atoms with Crippen LogP contribution in [0.1, 0.15) is 13.8 Å². The van der Waals surface area contributed by atoms with Crippen LogP contribution in [0.3, 0.4) is 0 Å². The van der Waals surface area contributed by atoms with Crippen LogP contribution in [0.25, 0.3) is 10.7 Å². The molecule has 25 heavy (non-hydrogen) atoms. The van der Waals surface area contributed by atoms with Gasteiger partial charge in [0.05, 0.1) is 10.1 Å². The molecule has 0 fully saturated rings. The molecule has 1 N–H and O–H groups in total. The van der Waals surface area contributed by atoms with Crippen molar-refractivity contribution in [3.05, 3.63) is 46.8 Å². The van der Waals surface area contributed by atoms with Crippen molar-refractivity contribution >= 4 is 46.3 Å². The number of rotatable bonds is 6. The Bertz CT molecular complexity index is 846. The summed E-state index contributed by atoms with van der Waals surface area (Å²) in [7, 11) is 0. The number of thiophene rings is 1. The smallest absolute Gasteiger partial charge is 0.237 e. The van der Waals surface area contributed by atoms with E-state index < -0.39 is 0 Å². The van der Waals surface area contributed by atoms with Crippen LogP contribution in [0.15, 0.2) is 46.9 Å². The lowest BCUT2D eigenvalue weighted by atomic mass is 10.3. The second kappa shape index (κ2) is 8.03. The van der Waals surface area contributed by atoms with Crippen molar-refractivity contribution in [1.29, 1.82) is 0 Å². The average Bonchev–Trinajstić information content (AvgIpc) is 3.25. The van der Waals surface area contributed by atoms with Gasteiger partial charge < -0.3 is 9.88 Å². The topological polar surface area (TPSA) is 59.8 Å². The molecule has 3 rings (SSSR count). The fraction of sp³-hybridized carbons (Fsp3) is 0.235. The number of amides is 1. The van der Waals surface area contributed by atoms with Crippen LogP contribution in [0.2, 0.25) is 5.02 Å². The zero-order valence-electron chi connectivity index (χ0n) is 13.8. The van der Waals surface area contributed by atoms with Crippen LogP contribution >= 0.6 is 34.7 Å². The van der Waals surface area contributed by atoms with Gasteiger partial charge >= 0.3 is 0 Å². The largest absolute Gasteiger partial charge is 0.325 e. The summed E-state index contributed by atoms with van der Waals surface area (Å²) < 4.78 is 2.03. The van der Waals surface area contributed by atoms with E-state index in [-0.39, 0.29) is 11.2 Å². The molecule has 1 atom stereocenters. The zero-order chi connectivity index (χ0) is 17.8. The van der Waals surface area contributed by atoms with Gasteiger partial charge in [-0.25, -0.2) is 0 Å². The third-order valence-corrected chi connectivity index (χ3v) is 5.74. The van der Waals surface area contributed by atoms with E-state index in [4.69, 9.17) is 11.6 Å². The normalized spacial score (nSPS) is 12.1. The minimum absolute atomic E-state index is 0.0874. The van der Waals surface area contributed by atoms with Crippen LogP contribution in [-0.4, -0.2) is 25.9 Å². The molecule has 0 saturated carbocycles. The average molecular weight is 393 g/mol. The van der Waals surface area contributed by atoms with Gasteiger partial charge in [-0.1, -0.05) is 29.4 Å². The lowest BCUT2D eigenvalue weighted by Crippen LogP contribution is -2.22. The van der Waals surface area contributed by atoms with Gasteiger partial charge in [0.1, 0.15) is 0 Å². The standard InChI is InChI=1S/C17H17ClN4OS2/c1-3-22-15(14-5-4-10-24-14)20-21-17(22)25-11(2)16(23)19-13-8-6-12(18)7-9-13/h4-11H,3H2,1-2H3,(H,19,23)/t11-/m1/s1. The summed E-state index contributed by atoms with van der Waals surface area (Å²) in [5, 5.41) is 14.5. The monoisotopic (exact) mass is 392 g/mol. The minimum Gasteiger partial charge on any atom is -0.325 e. The molecule has 0 aliphatic heterocycles. The van der Waals surface area contributed by atoms with Crippen LogP contribution in [0.5, 0.6) is 0 Å². The van der Waals surface area contributed by atoms with E-state index in [0.717, 1.165) is 28.1 Å². The molecule has 1 aromatic carbocycles. The van der Waals surface area contributed by atoms with Gasteiger partial charge in [0.25, 0.3) is 0 Å². The lowest BCUT2D eigenvalue weighted by Gasteiger charge is -2.12. The van der Waals surface area contributed by atoms with Crippen molar-refractivity contribution < 1.29 is 4.79 Å². The molecular formula is C17H17ClN4OS2. The van der Waals surface area contributed by atoms with Gasteiger partial charge in [-0.15, -0.1) is 21.5 Å². The third kappa shape index (κ3) is 4.23. The number of anilines is 1. The molecule has 130 valence electrons. The van der Waals surface area contributed by atoms with E-state index in [1.807, 2.05) is 35.9 Å². The summed E-state index contributed by atoms with van der Waals surface area (Å²) >= 11 is 8.89. The van der Waals surface area contributed by atoms with E-state index in [1.165, 1.54) is 11.8 Å². The highest BCUT2D eigenvalue weighted by Gasteiger charge is 2.20. The van der Waals surface area contributed by atoms with Crippen molar-refractivity contribution in [1.82, 2.24) is 14.8 Å². The number of carbonyl (C=O) groups is 1. The van der Waals surface area contributed by atoms with Crippen molar-refractivity contribution in [2.45, 2.75) is 30.8 Å². The van der Waals surface area contributed by atoms with Crippen LogP contribution in [0.4, 0.5) is 5.69 Å². The Labute approximate surface area is 159 Å². The van der Waals surface area contributed by atoms with E-state index in [1.54, 1.807) is 35.6 Å². The number of halogens is 1. The first-order valence-electron chi connectivity index (χ1n) is 7.78. The Hall–Kier alpha value is -1.83. The first-order valence-corrected chi connectivity index (χ1v) is 9.92. The molecule has 2 heterocycles. The Morgan fingerprint density at radius 1 is 1.32 bits per heavy atom. The maximum atomic E-state index is 12.4. The van der Waals surface area contributed by atoms with Crippen molar-refractivity contribution in [2.75, 3.05) is 5.32 Å². The second-order valence-corrected chi connectivity index (χ2v) is 7.98. The van der Waals surface area contributed by atoms with Crippen molar-refractivity contribution in [2.24, 2.45) is 0 Å². The SMILES string of the molecule is CCn1c(S[C@H](C)C(=O)Nc2ccc(Cl)cc2)nnc1-c1cccs1. The molecule has 0 spiro atoms. The highest BCUT2D eigenvalue weighted by molar-refractivity contribution is 8.00. The van der Waals surface area contributed by atoms with Gasteiger partial charge in [-0.2, -0.15) is 0 Å². The number of aromatic nitrogens is 3. The number of carbonyl (C=O) groups excluding carboxylic acids is 1. The summed E-state index contributed by atoms with van der Waals surface area (Å²) in [6.07, 6.45) is 0. The number of nitrogens with one attached hydrogen (secondary N) is 1. The Kier molecular flexibility index (Phi) is 5.78. The predicted molar refractivity (Wildman–Crippen MR) is 104 cm³/mol. The highest BCUT2D eigenvalue weighted by Crippen LogP contribution is 2.29. The summed E-state index contributed by atoms with van der Waals surface area (Å²) in [5.41, 5.74) is 0.720. The van der Waals surface area contributed by atoms with E-state index >= 15 is 0 Å². The van der Waals surface area contributed by atoms with E-state index in [2.05, 4.69) is 15.5 Å². The molecular weight excluding hydrogens is 376 g/mol. The first-order chi connectivity index (χ1) is 12.1. The maximum absolute atomic E-state index is 12.4. The molecule has 8 heteroatoms. The number of benzene rings is 1. The lowest BCUT2D eigenvalue weighted by molar-refractivity contribution is -0.115. The molecule has 0 unspecified atom stereocenters. The fourth-order valence-electron chi connectivity index (χ4n) is 2.24. The summed E-state index contributed by atoms with van der Waals surface area (Å²) in [5.74, 6) is 0.751. The van der Waals surface area contributed by atoms with Gasteiger partial charge in [0.15, 0.2) is 11.0 Å². The highest BCUT2D eigenvalue weighted by atomic mass is 35.5. The molecule has 0 bridgehead atoms. The Balaban J connectivity index is 1.71. The Morgan fingerprint density at radius 3 is 2.72 bits per heavy atom. The van der Waals surface area contributed by atoms with E-state index in [0.29, 0.717) is 5.02 Å². The Morgan fingerprint density at radius 2 is 2.08 bits per heavy atom. The maximum Gasteiger partial charge on any atom is 0.237 e. The van der Waals surface area contributed by atoms with Gasteiger partial charge in [-0.05, 0) is 49.6 Å². The number of thioether (sulfide) groups is 1. The summed E-state index contributed by atoms with van der Waals surface area (Å²) in [6, 6.07) is 11.1. The molecule has 5 nitrogen and oxygen atoms in total. The second-order valence-electron chi connectivity index (χ2n) is 5.28. The van der Waals surface area contributed by atoms with Crippen molar-refractivity contribution in [3.8, 4) is 10.7 Å². The van der Waals surface area contributed by atoms with Gasteiger partial charge in [0, 0.05) is 17.3 Å². The number of hydrogen-bond acceptors (Lipinski definition) is 5. The third-order valence-electron chi connectivity index (χ3n) is 3.54. The van der Waals surface area contributed by atoms with E-state index in [9.17, 15) is 4.79 Å². The quantitative estimate of drug-likeness (QED) is 0.612. The van der Waals surface area contributed by atoms with Crippen LogP contribution < -0.4 is 5.32 Å². The summed E-state index contributed by atoms with van der Waals surface area (Å²) in [4.78, 5) is 13.5. The minimum atomic E-state index is -0.304. The molecule has 0 aliphatic carbocycles. The summed E-state index contributed by atoms with van der Waals surface area (Å²) in [6.45, 7) is 4.65. The van der Waals surface area contributed by atoms with Crippen LogP contribution in [-0.2, 0) is 11.3 Å². The molecule has 2 aromatic heterocycles. The molecule has 0 saturated heterocycles. The molecule has 1 amide bonds. The molecule has 0 radical (unpaired) electrons. The molecule has 0 aliphatic rings. The predicted octanol–water partition coefficient (Wildman–Crippen LogP) is 4.80. The zero-order valence-corrected chi connectivity index (χ0v) is 16.2. The van der Waals surface area contributed by atoms with Gasteiger partial charge in [0.2, 0.25) is 5.91 Å². The van der Waals surface area contributed by atoms with Crippen LogP contribution in [0, 0.1) is 0 Å². The fourth-order valence-corrected chi connectivity index (χ4v) is 3.99.